The molecule has 1 saturated carbocycles. The fraction of sp³-hybridized carbons (Fsp3) is 0.571. The summed E-state index contributed by atoms with van der Waals surface area (Å²) in [6.07, 6.45) is 0.0296. The molecule has 0 bridgehead atoms. The van der Waals surface area contributed by atoms with Crippen LogP contribution in [-0.4, -0.2) is 45.0 Å². The second-order valence-corrected chi connectivity index (χ2v) is 8.44. The highest BCUT2D eigenvalue weighted by atomic mass is 32.2. The van der Waals surface area contributed by atoms with Crippen LogP contribution < -0.4 is 0 Å². The summed E-state index contributed by atoms with van der Waals surface area (Å²) in [5, 5.41) is 0. The van der Waals surface area contributed by atoms with Gasteiger partial charge >= 0.3 is 17.9 Å². The van der Waals surface area contributed by atoms with Crippen LogP contribution in [-0.2, 0) is 28.6 Å². The van der Waals surface area contributed by atoms with Gasteiger partial charge in [0.1, 0.15) is 0 Å². The van der Waals surface area contributed by atoms with Crippen molar-refractivity contribution in [3.63, 3.8) is 0 Å². The quantitative estimate of drug-likeness (QED) is 0.297. The number of ether oxygens (including phenoxy) is 3. The predicted molar refractivity (Wildman–Crippen MR) is 106 cm³/mol. The minimum Gasteiger partial charge on any atom is -0.469 e. The molecule has 0 aromatic heterocycles. The maximum atomic E-state index is 12.8. The van der Waals surface area contributed by atoms with Crippen LogP contribution in [0.3, 0.4) is 0 Å². The highest BCUT2D eigenvalue weighted by Crippen LogP contribution is 2.56. The smallest absolute Gasteiger partial charge is 0.323 e. The summed E-state index contributed by atoms with van der Waals surface area (Å²) in [5.74, 6) is -2.44. The van der Waals surface area contributed by atoms with E-state index in [0.29, 0.717) is 5.75 Å². The van der Waals surface area contributed by atoms with Crippen molar-refractivity contribution in [3.05, 3.63) is 30.3 Å². The molecule has 1 aliphatic rings. The summed E-state index contributed by atoms with van der Waals surface area (Å²) >= 11 is 1.60. The van der Waals surface area contributed by atoms with Crippen LogP contribution in [0.15, 0.2) is 35.2 Å². The van der Waals surface area contributed by atoms with Crippen molar-refractivity contribution < 1.29 is 28.6 Å². The molecule has 0 spiro atoms. The van der Waals surface area contributed by atoms with E-state index in [2.05, 4.69) is 0 Å². The fourth-order valence-corrected chi connectivity index (χ4v) is 5.71. The maximum Gasteiger partial charge on any atom is 0.323 e. The first-order valence-corrected chi connectivity index (χ1v) is 10.2. The summed E-state index contributed by atoms with van der Waals surface area (Å²) in [6, 6.07) is 9.81. The van der Waals surface area contributed by atoms with Crippen molar-refractivity contribution in [2.45, 2.75) is 25.2 Å². The van der Waals surface area contributed by atoms with Gasteiger partial charge in [-0.15, -0.1) is 11.8 Å². The van der Waals surface area contributed by atoms with Gasteiger partial charge in [0.05, 0.1) is 27.2 Å². The van der Waals surface area contributed by atoms with Crippen LogP contribution in [0.4, 0.5) is 0 Å². The third kappa shape index (κ3) is 4.04. The number of hydrogen-bond donors (Lipinski definition) is 0. The Balaban J connectivity index is 2.49. The van der Waals surface area contributed by atoms with Gasteiger partial charge in [0.15, 0.2) is 5.41 Å². The SMILES string of the molecule is COC(=O)C1CC(C(=O)OC)(C(=O)OC)[C@H](C(C)C)[C@H]1CSc1ccccc1. The summed E-state index contributed by atoms with van der Waals surface area (Å²) in [5.41, 5.74) is -1.52. The van der Waals surface area contributed by atoms with E-state index >= 15 is 0 Å². The maximum absolute atomic E-state index is 12.8. The topological polar surface area (TPSA) is 78.9 Å². The second-order valence-electron chi connectivity index (χ2n) is 7.35. The minimum atomic E-state index is -1.52. The Morgan fingerprint density at radius 2 is 1.61 bits per heavy atom. The summed E-state index contributed by atoms with van der Waals surface area (Å²) < 4.78 is 15.0. The molecular weight excluding hydrogens is 380 g/mol. The highest BCUT2D eigenvalue weighted by molar-refractivity contribution is 7.99. The molecule has 0 saturated heterocycles. The number of thioether (sulfide) groups is 1. The van der Waals surface area contributed by atoms with E-state index in [1.165, 1.54) is 21.3 Å². The van der Waals surface area contributed by atoms with Gasteiger partial charge < -0.3 is 14.2 Å². The second kappa shape index (κ2) is 9.45. The number of hydrogen-bond acceptors (Lipinski definition) is 7. The molecule has 0 N–H and O–H groups in total. The van der Waals surface area contributed by atoms with E-state index in [1.807, 2.05) is 44.2 Å². The number of methoxy groups -OCH3 is 3. The van der Waals surface area contributed by atoms with Crippen LogP contribution in [0.1, 0.15) is 20.3 Å². The highest BCUT2D eigenvalue weighted by Gasteiger charge is 2.66. The molecule has 3 atom stereocenters. The first kappa shape index (κ1) is 22.3. The fourth-order valence-electron chi connectivity index (χ4n) is 4.54. The van der Waals surface area contributed by atoms with E-state index in [9.17, 15) is 14.4 Å². The predicted octanol–water partition coefficient (Wildman–Crippen LogP) is 3.19. The molecule has 28 heavy (non-hydrogen) atoms. The molecule has 2 rings (SSSR count). The lowest BCUT2D eigenvalue weighted by Crippen LogP contribution is -2.47. The van der Waals surface area contributed by atoms with E-state index in [0.717, 1.165) is 4.90 Å². The van der Waals surface area contributed by atoms with Gasteiger partial charge in [-0.3, -0.25) is 14.4 Å². The van der Waals surface area contributed by atoms with Gasteiger partial charge in [-0.2, -0.15) is 0 Å². The third-order valence-electron chi connectivity index (χ3n) is 5.60. The summed E-state index contributed by atoms with van der Waals surface area (Å²) in [6.45, 7) is 3.90. The molecule has 0 amide bonds. The zero-order chi connectivity index (χ0) is 20.9. The van der Waals surface area contributed by atoms with Crippen LogP contribution in [0, 0.1) is 29.1 Å². The van der Waals surface area contributed by atoms with Gasteiger partial charge in [-0.05, 0) is 36.3 Å². The molecule has 0 heterocycles. The average Bonchev–Trinajstić information content (AvgIpc) is 3.07. The van der Waals surface area contributed by atoms with Crippen molar-refractivity contribution in [2.24, 2.45) is 29.1 Å². The average molecular weight is 409 g/mol. The zero-order valence-corrected chi connectivity index (χ0v) is 17.8. The molecule has 154 valence electrons. The molecule has 1 aromatic rings. The molecule has 0 radical (unpaired) electrons. The van der Waals surface area contributed by atoms with Gasteiger partial charge in [0, 0.05) is 10.6 Å². The molecule has 1 aromatic carbocycles. The summed E-state index contributed by atoms with van der Waals surface area (Å²) in [7, 11) is 3.83. The van der Waals surface area contributed by atoms with Crippen molar-refractivity contribution >= 4 is 29.7 Å². The number of carbonyl (C=O) groups excluding carboxylic acids is 3. The summed E-state index contributed by atoms with van der Waals surface area (Å²) in [4.78, 5) is 39.3. The Hall–Kier alpha value is -2.02. The molecular formula is C21H28O6S. The minimum absolute atomic E-state index is 0.0296. The van der Waals surface area contributed by atoms with E-state index in [-0.39, 0.29) is 18.3 Å². The van der Waals surface area contributed by atoms with E-state index < -0.39 is 35.2 Å². The van der Waals surface area contributed by atoms with Crippen LogP contribution in [0.2, 0.25) is 0 Å². The Kier molecular flexibility index (Phi) is 7.52. The van der Waals surface area contributed by atoms with Crippen LogP contribution in [0.25, 0.3) is 0 Å². The van der Waals surface area contributed by atoms with Gasteiger partial charge in [-0.25, -0.2) is 0 Å². The number of carbonyl (C=O) groups is 3. The Bertz CT molecular complexity index is 686. The molecule has 1 unspecified atom stereocenters. The van der Waals surface area contributed by atoms with Crippen molar-refractivity contribution in [1.29, 1.82) is 0 Å². The molecule has 6 nitrogen and oxygen atoms in total. The van der Waals surface area contributed by atoms with Crippen molar-refractivity contribution in [1.82, 2.24) is 0 Å². The Morgan fingerprint density at radius 3 is 2.07 bits per heavy atom. The largest absolute Gasteiger partial charge is 0.469 e. The monoisotopic (exact) mass is 408 g/mol. The Morgan fingerprint density at radius 1 is 1.04 bits per heavy atom. The van der Waals surface area contributed by atoms with Crippen LogP contribution in [0.5, 0.6) is 0 Å². The lowest BCUT2D eigenvalue weighted by molar-refractivity contribution is -0.174. The first-order chi connectivity index (χ1) is 13.3. The van der Waals surface area contributed by atoms with E-state index in [4.69, 9.17) is 14.2 Å². The standard InChI is InChI=1S/C21H28O6S/c1-13(2)17-16(12-28-14-9-7-6-8-10-14)15(18(22)25-3)11-21(17,19(23)26-4)20(24)27-5/h6-10,13,15-17H,11-12H2,1-5H3/t15?,16-,17+/m0/s1. The normalized spacial score (nSPS) is 23.3. The Labute approximate surface area is 170 Å². The first-order valence-electron chi connectivity index (χ1n) is 9.26. The number of esters is 3. The lowest BCUT2D eigenvalue weighted by Gasteiger charge is -2.35. The van der Waals surface area contributed by atoms with Crippen molar-refractivity contribution in [3.8, 4) is 0 Å². The third-order valence-corrected chi connectivity index (χ3v) is 6.75. The zero-order valence-electron chi connectivity index (χ0n) is 17.0. The molecule has 1 fully saturated rings. The van der Waals surface area contributed by atoms with Gasteiger partial charge in [0.25, 0.3) is 0 Å². The number of benzene rings is 1. The molecule has 0 aliphatic heterocycles. The van der Waals surface area contributed by atoms with Crippen LogP contribution >= 0.6 is 11.8 Å². The van der Waals surface area contributed by atoms with E-state index in [1.54, 1.807) is 11.8 Å². The number of rotatable bonds is 7. The molecule has 1 aliphatic carbocycles. The van der Waals surface area contributed by atoms with Gasteiger partial charge in [0.2, 0.25) is 0 Å². The lowest BCUT2D eigenvalue weighted by atomic mass is 9.70. The molecule has 7 heteroatoms. The van der Waals surface area contributed by atoms with Gasteiger partial charge in [-0.1, -0.05) is 32.0 Å². The van der Waals surface area contributed by atoms with Crippen molar-refractivity contribution in [2.75, 3.05) is 27.1 Å².